The quantitative estimate of drug-likeness (QED) is 0.520. The van der Waals surface area contributed by atoms with Gasteiger partial charge in [-0.25, -0.2) is 0 Å². The van der Waals surface area contributed by atoms with Gasteiger partial charge in [-0.05, 0) is 56.3 Å². The average molecular weight is 464 g/mol. The number of ether oxygens (including phenoxy) is 2. The Bertz CT molecular complexity index is 857. The highest BCUT2D eigenvalue weighted by Crippen LogP contribution is 2.18. The minimum atomic E-state index is -0.831. The SMILES string of the molecule is CCOc1ccc(C(=O)NCC(=O)NNC(=O)C(C)Oc2cccc(Br)c2)cc1. The fourth-order valence-electron chi connectivity index (χ4n) is 2.21. The number of hydrogen-bond acceptors (Lipinski definition) is 5. The van der Waals surface area contributed by atoms with Gasteiger partial charge < -0.3 is 14.8 Å². The largest absolute Gasteiger partial charge is 0.494 e. The maximum Gasteiger partial charge on any atom is 0.279 e. The smallest absolute Gasteiger partial charge is 0.279 e. The number of hydrogen-bond donors (Lipinski definition) is 3. The highest BCUT2D eigenvalue weighted by Gasteiger charge is 2.16. The molecule has 0 aliphatic rings. The van der Waals surface area contributed by atoms with Crippen LogP contribution in [0.4, 0.5) is 0 Å². The Labute approximate surface area is 177 Å². The summed E-state index contributed by atoms with van der Waals surface area (Å²) in [4.78, 5) is 35.9. The van der Waals surface area contributed by atoms with Gasteiger partial charge in [0.15, 0.2) is 6.10 Å². The van der Waals surface area contributed by atoms with Crippen LogP contribution >= 0.6 is 15.9 Å². The van der Waals surface area contributed by atoms with Gasteiger partial charge in [0.05, 0.1) is 13.2 Å². The first-order chi connectivity index (χ1) is 13.9. The first kappa shape index (κ1) is 22.2. The van der Waals surface area contributed by atoms with Crippen LogP contribution in [0.2, 0.25) is 0 Å². The molecule has 1 atom stereocenters. The molecule has 0 saturated carbocycles. The lowest BCUT2D eigenvalue weighted by Crippen LogP contribution is -2.50. The number of benzene rings is 2. The number of carbonyl (C=O) groups excluding carboxylic acids is 3. The standard InChI is InChI=1S/C20H22BrN3O5/c1-3-28-16-9-7-14(8-10-16)20(27)22-12-18(25)23-24-19(26)13(2)29-17-6-4-5-15(21)11-17/h4-11,13H,3,12H2,1-2H3,(H,22,27)(H,23,25)(H,24,26). The summed E-state index contributed by atoms with van der Waals surface area (Å²) >= 11 is 3.32. The van der Waals surface area contributed by atoms with Crippen molar-refractivity contribution in [2.24, 2.45) is 0 Å². The zero-order valence-corrected chi connectivity index (χ0v) is 17.6. The van der Waals surface area contributed by atoms with E-state index in [0.717, 1.165) is 4.47 Å². The lowest BCUT2D eigenvalue weighted by molar-refractivity contribution is -0.132. The van der Waals surface area contributed by atoms with E-state index in [-0.39, 0.29) is 6.54 Å². The minimum Gasteiger partial charge on any atom is -0.494 e. The monoisotopic (exact) mass is 463 g/mol. The summed E-state index contributed by atoms with van der Waals surface area (Å²) in [5, 5.41) is 2.47. The molecule has 0 heterocycles. The van der Waals surface area contributed by atoms with E-state index in [1.807, 2.05) is 13.0 Å². The molecule has 3 amide bonds. The van der Waals surface area contributed by atoms with Gasteiger partial charge in [0.1, 0.15) is 11.5 Å². The topological polar surface area (TPSA) is 106 Å². The van der Waals surface area contributed by atoms with Gasteiger partial charge in [-0.3, -0.25) is 25.2 Å². The zero-order valence-electron chi connectivity index (χ0n) is 16.0. The van der Waals surface area contributed by atoms with Crippen LogP contribution in [0.5, 0.6) is 11.5 Å². The van der Waals surface area contributed by atoms with E-state index in [4.69, 9.17) is 9.47 Å². The van der Waals surface area contributed by atoms with Crippen LogP contribution in [0.15, 0.2) is 53.0 Å². The minimum absolute atomic E-state index is 0.298. The molecule has 0 aliphatic heterocycles. The van der Waals surface area contributed by atoms with Crippen molar-refractivity contribution >= 4 is 33.7 Å². The van der Waals surface area contributed by atoms with Gasteiger partial charge in [0.25, 0.3) is 17.7 Å². The van der Waals surface area contributed by atoms with Gasteiger partial charge in [0.2, 0.25) is 0 Å². The Kier molecular flexibility index (Phi) is 8.47. The van der Waals surface area contributed by atoms with Crippen LogP contribution in [0, 0.1) is 0 Å². The van der Waals surface area contributed by atoms with E-state index in [1.165, 1.54) is 0 Å². The lowest BCUT2D eigenvalue weighted by atomic mass is 10.2. The fraction of sp³-hybridized carbons (Fsp3) is 0.250. The molecule has 0 fully saturated rings. The van der Waals surface area contributed by atoms with E-state index in [9.17, 15) is 14.4 Å². The molecule has 154 valence electrons. The Hall–Kier alpha value is -3.07. The molecule has 9 heteroatoms. The number of rotatable bonds is 8. The molecule has 8 nitrogen and oxygen atoms in total. The van der Waals surface area contributed by atoms with Crippen molar-refractivity contribution in [2.75, 3.05) is 13.2 Å². The van der Waals surface area contributed by atoms with Crippen molar-refractivity contribution in [3.8, 4) is 11.5 Å². The molecule has 0 radical (unpaired) electrons. The lowest BCUT2D eigenvalue weighted by Gasteiger charge is -2.15. The molecule has 0 aliphatic carbocycles. The van der Waals surface area contributed by atoms with Gasteiger partial charge in [-0.2, -0.15) is 0 Å². The second-order valence-corrected chi connectivity index (χ2v) is 6.81. The third-order valence-electron chi connectivity index (χ3n) is 3.64. The first-order valence-electron chi connectivity index (χ1n) is 8.91. The second-order valence-electron chi connectivity index (χ2n) is 5.89. The summed E-state index contributed by atoms with van der Waals surface area (Å²) in [6, 6.07) is 13.6. The molecular formula is C20H22BrN3O5. The molecule has 2 aromatic carbocycles. The van der Waals surface area contributed by atoms with Crippen LogP contribution < -0.4 is 25.6 Å². The van der Waals surface area contributed by atoms with Crippen LogP contribution in [0.1, 0.15) is 24.2 Å². The van der Waals surface area contributed by atoms with Crippen molar-refractivity contribution in [1.29, 1.82) is 0 Å². The van der Waals surface area contributed by atoms with Crippen LogP contribution in [0.25, 0.3) is 0 Å². The first-order valence-corrected chi connectivity index (χ1v) is 9.70. The summed E-state index contributed by atoms with van der Waals surface area (Å²) in [6.45, 7) is 3.65. The number of carbonyl (C=O) groups is 3. The number of nitrogens with one attached hydrogen (secondary N) is 3. The summed E-state index contributed by atoms with van der Waals surface area (Å²) in [6.07, 6.45) is -0.831. The van der Waals surface area contributed by atoms with Crippen molar-refractivity contribution in [3.63, 3.8) is 0 Å². The maximum absolute atomic E-state index is 12.1. The third kappa shape index (κ3) is 7.46. The zero-order chi connectivity index (χ0) is 21.2. The van der Waals surface area contributed by atoms with Crippen molar-refractivity contribution < 1.29 is 23.9 Å². The van der Waals surface area contributed by atoms with Crippen molar-refractivity contribution in [3.05, 3.63) is 58.6 Å². The summed E-state index contributed by atoms with van der Waals surface area (Å²) < 4.78 is 11.6. The Morgan fingerprint density at radius 2 is 1.76 bits per heavy atom. The van der Waals surface area contributed by atoms with Gasteiger partial charge in [-0.15, -0.1) is 0 Å². The van der Waals surface area contributed by atoms with Crippen molar-refractivity contribution in [2.45, 2.75) is 20.0 Å². The molecule has 0 spiro atoms. The predicted octanol–water partition coefficient (Wildman–Crippen LogP) is 2.19. The predicted molar refractivity (Wildman–Crippen MR) is 110 cm³/mol. The number of halogens is 1. The summed E-state index contributed by atoms with van der Waals surface area (Å²) in [5.74, 6) is -0.357. The van der Waals surface area contributed by atoms with Gasteiger partial charge in [0, 0.05) is 10.0 Å². The fourth-order valence-corrected chi connectivity index (χ4v) is 2.59. The van der Waals surface area contributed by atoms with E-state index in [1.54, 1.807) is 49.4 Å². The molecule has 0 saturated heterocycles. The molecule has 0 aromatic heterocycles. The van der Waals surface area contributed by atoms with Crippen LogP contribution in [0.3, 0.4) is 0 Å². The normalized spacial score (nSPS) is 11.1. The molecule has 2 rings (SSSR count). The third-order valence-corrected chi connectivity index (χ3v) is 4.13. The molecule has 29 heavy (non-hydrogen) atoms. The molecule has 3 N–H and O–H groups in total. The maximum atomic E-state index is 12.1. The van der Waals surface area contributed by atoms with E-state index < -0.39 is 23.8 Å². The highest BCUT2D eigenvalue weighted by molar-refractivity contribution is 9.10. The van der Waals surface area contributed by atoms with E-state index in [0.29, 0.717) is 23.7 Å². The average Bonchev–Trinajstić information content (AvgIpc) is 2.71. The van der Waals surface area contributed by atoms with Crippen LogP contribution in [-0.2, 0) is 9.59 Å². The van der Waals surface area contributed by atoms with Crippen molar-refractivity contribution in [1.82, 2.24) is 16.2 Å². The Morgan fingerprint density at radius 1 is 1.03 bits per heavy atom. The summed E-state index contributed by atoms with van der Waals surface area (Å²) in [5.41, 5.74) is 4.88. The highest BCUT2D eigenvalue weighted by atomic mass is 79.9. The summed E-state index contributed by atoms with van der Waals surface area (Å²) in [7, 11) is 0. The Morgan fingerprint density at radius 3 is 2.41 bits per heavy atom. The van der Waals surface area contributed by atoms with E-state index >= 15 is 0 Å². The van der Waals surface area contributed by atoms with Crippen LogP contribution in [-0.4, -0.2) is 37.0 Å². The molecule has 0 bridgehead atoms. The Balaban J connectivity index is 1.73. The van der Waals surface area contributed by atoms with Gasteiger partial charge in [-0.1, -0.05) is 22.0 Å². The van der Waals surface area contributed by atoms with Gasteiger partial charge >= 0.3 is 0 Å². The number of hydrazine groups is 1. The van der Waals surface area contributed by atoms with E-state index in [2.05, 4.69) is 32.1 Å². The second kappa shape index (κ2) is 11.1. The number of amides is 3. The molecule has 1 unspecified atom stereocenters. The molecular weight excluding hydrogens is 442 g/mol. The molecule has 2 aromatic rings.